The average molecular weight is 334 g/mol. The van der Waals surface area contributed by atoms with Crippen molar-refractivity contribution in [1.29, 1.82) is 0 Å². The summed E-state index contributed by atoms with van der Waals surface area (Å²) < 4.78 is 26.8. The van der Waals surface area contributed by atoms with Crippen LogP contribution >= 0.6 is 0 Å². The quantitative estimate of drug-likeness (QED) is 0.801. The molecule has 126 valence electrons. The Morgan fingerprint density at radius 1 is 1.00 bits per heavy atom. The number of piperazine rings is 1. The molecule has 1 aliphatic carbocycles. The van der Waals surface area contributed by atoms with Gasteiger partial charge in [0.2, 0.25) is 18.1 Å². The molecule has 1 saturated carbocycles. The molecule has 0 N–H and O–H groups in total. The van der Waals surface area contributed by atoms with Gasteiger partial charge in [-0.25, -0.2) is 23.7 Å². The molecule has 2 aliphatic heterocycles. The Kier molecular flexibility index (Phi) is 3.70. The van der Waals surface area contributed by atoms with Crippen LogP contribution in [0.5, 0.6) is 0 Å². The van der Waals surface area contributed by atoms with Crippen molar-refractivity contribution in [2.24, 2.45) is 15.9 Å². The third-order valence-electron chi connectivity index (χ3n) is 4.36. The normalized spacial score (nSPS) is 24.8. The lowest BCUT2D eigenvalue weighted by molar-refractivity contribution is -0.120. The molecule has 4 rings (SSSR count). The minimum atomic E-state index is -1.69. The lowest BCUT2D eigenvalue weighted by Gasteiger charge is -2.35. The molecular weight excluding hydrogens is 318 g/mol. The minimum absolute atomic E-state index is 0.0864. The van der Waals surface area contributed by atoms with E-state index in [1.54, 1.807) is 0 Å². The second-order valence-electron chi connectivity index (χ2n) is 6.10. The number of aliphatic imine (C=N–C) groups is 2. The van der Waals surface area contributed by atoms with Crippen molar-refractivity contribution in [2.45, 2.75) is 19.0 Å². The van der Waals surface area contributed by atoms with Gasteiger partial charge in [0.25, 0.3) is 5.91 Å². The maximum atomic E-state index is 13.9. The zero-order valence-electron chi connectivity index (χ0n) is 12.9. The first-order valence-electron chi connectivity index (χ1n) is 7.94. The number of hydrogen-bond acceptors (Lipinski definition) is 6. The van der Waals surface area contributed by atoms with Gasteiger partial charge in [0.1, 0.15) is 0 Å². The SMILES string of the molecule is O=C1N=C(N2CCN(c3ncc(F)cn3)CC2)N=C(C2CC2)C1F. The van der Waals surface area contributed by atoms with Crippen LogP contribution in [0.2, 0.25) is 0 Å². The molecule has 1 unspecified atom stereocenters. The lowest BCUT2D eigenvalue weighted by Crippen LogP contribution is -2.50. The van der Waals surface area contributed by atoms with E-state index in [-0.39, 0.29) is 5.92 Å². The van der Waals surface area contributed by atoms with E-state index in [9.17, 15) is 13.6 Å². The zero-order valence-corrected chi connectivity index (χ0v) is 12.9. The van der Waals surface area contributed by atoms with Crippen molar-refractivity contribution in [2.75, 3.05) is 31.1 Å². The van der Waals surface area contributed by atoms with Crippen LogP contribution in [-0.4, -0.2) is 64.8 Å². The summed E-state index contributed by atoms with van der Waals surface area (Å²) in [5.74, 6) is -0.385. The molecule has 1 atom stereocenters. The predicted octanol–water partition coefficient (Wildman–Crippen LogP) is 0.823. The van der Waals surface area contributed by atoms with Gasteiger partial charge in [0.05, 0.1) is 18.1 Å². The Morgan fingerprint density at radius 3 is 2.25 bits per heavy atom. The van der Waals surface area contributed by atoms with Gasteiger partial charge in [0, 0.05) is 32.1 Å². The van der Waals surface area contributed by atoms with Gasteiger partial charge in [-0.15, -0.1) is 0 Å². The number of guanidine groups is 1. The highest BCUT2D eigenvalue weighted by molar-refractivity contribution is 6.18. The Labute approximate surface area is 137 Å². The van der Waals surface area contributed by atoms with Gasteiger partial charge < -0.3 is 9.80 Å². The lowest BCUT2D eigenvalue weighted by atomic mass is 10.1. The molecule has 3 heterocycles. The van der Waals surface area contributed by atoms with Crippen molar-refractivity contribution in [3.05, 3.63) is 18.2 Å². The molecule has 0 aromatic carbocycles. The first-order chi connectivity index (χ1) is 11.6. The monoisotopic (exact) mass is 334 g/mol. The van der Waals surface area contributed by atoms with Crippen LogP contribution in [0.1, 0.15) is 12.8 Å². The number of rotatable bonds is 2. The van der Waals surface area contributed by atoms with Crippen LogP contribution in [0.15, 0.2) is 22.4 Å². The topological polar surface area (TPSA) is 74.1 Å². The van der Waals surface area contributed by atoms with Gasteiger partial charge in [-0.3, -0.25) is 4.79 Å². The van der Waals surface area contributed by atoms with E-state index < -0.39 is 17.9 Å². The number of amides is 1. The standard InChI is InChI=1S/C15H16F2N6O/c16-10-7-18-14(19-8-10)22-3-5-23(6-4-22)15-20-12(9-1-2-9)11(17)13(24)21-15/h7-9,11H,1-6H2. The average Bonchev–Trinajstić information content (AvgIpc) is 3.43. The van der Waals surface area contributed by atoms with E-state index in [2.05, 4.69) is 20.0 Å². The summed E-state index contributed by atoms with van der Waals surface area (Å²) >= 11 is 0. The van der Waals surface area contributed by atoms with E-state index in [1.807, 2.05) is 9.80 Å². The smallest absolute Gasteiger partial charge is 0.289 e. The van der Waals surface area contributed by atoms with E-state index >= 15 is 0 Å². The molecule has 1 amide bonds. The maximum Gasteiger partial charge on any atom is 0.289 e. The van der Waals surface area contributed by atoms with Gasteiger partial charge in [-0.05, 0) is 12.8 Å². The highest BCUT2D eigenvalue weighted by Gasteiger charge is 2.40. The number of carbonyl (C=O) groups is 1. The zero-order chi connectivity index (χ0) is 16.7. The summed E-state index contributed by atoms with van der Waals surface area (Å²) in [6.45, 7) is 2.30. The van der Waals surface area contributed by atoms with Crippen molar-refractivity contribution in [3.8, 4) is 0 Å². The summed E-state index contributed by atoms with van der Waals surface area (Å²) in [6, 6.07) is 0. The van der Waals surface area contributed by atoms with Crippen LogP contribution in [-0.2, 0) is 4.79 Å². The highest BCUT2D eigenvalue weighted by atomic mass is 19.1. The van der Waals surface area contributed by atoms with Crippen LogP contribution in [0.25, 0.3) is 0 Å². The van der Waals surface area contributed by atoms with Crippen molar-refractivity contribution in [1.82, 2.24) is 14.9 Å². The first kappa shape index (κ1) is 15.1. The second-order valence-corrected chi connectivity index (χ2v) is 6.10. The Morgan fingerprint density at radius 2 is 1.62 bits per heavy atom. The third-order valence-corrected chi connectivity index (χ3v) is 4.36. The Hall–Kier alpha value is -2.45. The minimum Gasteiger partial charge on any atom is -0.337 e. The van der Waals surface area contributed by atoms with Crippen molar-refractivity contribution in [3.63, 3.8) is 0 Å². The number of alkyl halides is 1. The molecule has 1 aromatic heterocycles. The number of aromatic nitrogens is 2. The van der Waals surface area contributed by atoms with E-state index in [0.29, 0.717) is 43.8 Å². The van der Waals surface area contributed by atoms with E-state index in [1.165, 1.54) is 0 Å². The molecule has 0 bridgehead atoms. The van der Waals surface area contributed by atoms with Crippen molar-refractivity contribution < 1.29 is 13.6 Å². The summed E-state index contributed by atoms with van der Waals surface area (Å²) in [5, 5.41) is 0. The molecule has 3 aliphatic rings. The van der Waals surface area contributed by atoms with Crippen LogP contribution in [0.3, 0.4) is 0 Å². The molecule has 2 fully saturated rings. The molecule has 0 radical (unpaired) electrons. The molecule has 0 spiro atoms. The second kappa shape index (κ2) is 5.88. The van der Waals surface area contributed by atoms with Crippen molar-refractivity contribution >= 4 is 23.5 Å². The molecule has 7 nitrogen and oxygen atoms in total. The number of hydrogen-bond donors (Lipinski definition) is 0. The fourth-order valence-corrected chi connectivity index (χ4v) is 2.87. The number of carbonyl (C=O) groups excluding carboxylic acids is 1. The Bertz CT molecular complexity index is 707. The first-order valence-corrected chi connectivity index (χ1v) is 7.94. The molecule has 1 aromatic rings. The van der Waals surface area contributed by atoms with E-state index in [4.69, 9.17) is 0 Å². The van der Waals surface area contributed by atoms with E-state index in [0.717, 1.165) is 25.2 Å². The largest absolute Gasteiger partial charge is 0.337 e. The van der Waals surface area contributed by atoms with Gasteiger partial charge >= 0.3 is 0 Å². The summed E-state index contributed by atoms with van der Waals surface area (Å²) in [5.41, 5.74) is 0.328. The van der Waals surface area contributed by atoms with Gasteiger partial charge in [-0.1, -0.05) is 0 Å². The van der Waals surface area contributed by atoms with Crippen LogP contribution < -0.4 is 4.90 Å². The predicted molar refractivity (Wildman–Crippen MR) is 83.3 cm³/mol. The summed E-state index contributed by atoms with van der Waals surface area (Å²) in [6.07, 6.45) is 2.35. The van der Waals surface area contributed by atoms with Gasteiger partial charge in [-0.2, -0.15) is 4.99 Å². The number of nitrogens with zero attached hydrogens (tertiary/aromatic N) is 6. The fourth-order valence-electron chi connectivity index (χ4n) is 2.87. The fraction of sp³-hybridized carbons (Fsp3) is 0.533. The number of halogens is 2. The summed E-state index contributed by atoms with van der Waals surface area (Å²) in [7, 11) is 0. The molecule has 24 heavy (non-hydrogen) atoms. The number of anilines is 1. The molecule has 9 heteroatoms. The van der Waals surface area contributed by atoms with Crippen LogP contribution in [0, 0.1) is 11.7 Å². The third kappa shape index (κ3) is 2.85. The van der Waals surface area contributed by atoms with Gasteiger partial charge in [0.15, 0.2) is 5.82 Å². The summed E-state index contributed by atoms with van der Waals surface area (Å²) in [4.78, 5) is 31.6. The maximum absolute atomic E-state index is 13.9. The van der Waals surface area contributed by atoms with Crippen LogP contribution in [0.4, 0.5) is 14.7 Å². The molecular formula is C15H16F2N6O. The highest BCUT2D eigenvalue weighted by Crippen LogP contribution is 2.34. The molecule has 1 saturated heterocycles. The Balaban J connectivity index is 1.45.